The van der Waals surface area contributed by atoms with E-state index in [1.807, 2.05) is 23.6 Å². The molecule has 0 aliphatic carbocycles. The van der Waals surface area contributed by atoms with E-state index < -0.39 is 0 Å². The van der Waals surface area contributed by atoms with Gasteiger partial charge in [0.2, 0.25) is 5.91 Å². The fourth-order valence-corrected chi connectivity index (χ4v) is 4.83. The molecule has 2 aliphatic rings. The third-order valence-corrected chi connectivity index (χ3v) is 6.60. The maximum atomic E-state index is 13.4. The van der Waals surface area contributed by atoms with Crippen molar-refractivity contribution in [2.45, 2.75) is 65.6 Å². The third kappa shape index (κ3) is 4.37. The zero-order valence-corrected chi connectivity index (χ0v) is 17.9. The number of likely N-dealkylation sites (tertiary alicyclic amines) is 2. The summed E-state index contributed by atoms with van der Waals surface area (Å²) >= 11 is 0. The highest BCUT2D eigenvalue weighted by atomic mass is 16.2. The molecule has 1 amide bonds. The molecular weight excluding hydrogens is 338 g/mol. The van der Waals surface area contributed by atoms with Gasteiger partial charge in [-0.3, -0.25) is 14.4 Å². The highest BCUT2D eigenvalue weighted by Crippen LogP contribution is 2.43. The Kier molecular flexibility index (Phi) is 6.26. The van der Waals surface area contributed by atoms with Crippen LogP contribution in [0.3, 0.4) is 0 Å². The molecule has 1 unspecified atom stereocenters. The first kappa shape index (κ1) is 20.3. The van der Waals surface area contributed by atoms with E-state index in [1.165, 1.54) is 12.8 Å². The second-order valence-corrected chi connectivity index (χ2v) is 8.78. The molecule has 1 atom stereocenters. The van der Waals surface area contributed by atoms with Crippen LogP contribution in [0.5, 0.6) is 0 Å². The van der Waals surface area contributed by atoms with Gasteiger partial charge in [0, 0.05) is 38.4 Å². The highest BCUT2D eigenvalue weighted by molar-refractivity contribution is 5.82. The lowest BCUT2D eigenvalue weighted by Crippen LogP contribution is -2.44. The standard InChI is InChI=1S/C21H37N5O/c1-6-10-25-16-21(8-11-23(4)12-9-21)13-19(25)20(27)24(5)14-18-15-26(7-2)22-17(18)3/h15,19H,6-14,16H2,1-5H3. The predicted molar refractivity (Wildman–Crippen MR) is 109 cm³/mol. The Morgan fingerprint density at radius 3 is 2.63 bits per heavy atom. The summed E-state index contributed by atoms with van der Waals surface area (Å²) in [5, 5.41) is 4.52. The topological polar surface area (TPSA) is 44.6 Å². The monoisotopic (exact) mass is 375 g/mol. The van der Waals surface area contributed by atoms with Gasteiger partial charge in [0.05, 0.1) is 11.7 Å². The summed E-state index contributed by atoms with van der Waals surface area (Å²) in [7, 11) is 4.16. The molecule has 6 nitrogen and oxygen atoms in total. The van der Waals surface area contributed by atoms with Crippen LogP contribution in [0.1, 0.15) is 50.8 Å². The summed E-state index contributed by atoms with van der Waals surface area (Å²) < 4.78 is 1.95. The molecule has 6 heteroatoms. The Bertz CT molecular complexity index is 647. The van der Waals surface area contributed by atoms with Crippen molar-refractivity contribution in [2.75, 3.05) is 40.3 Å². The van der Waals surface area contributed by atoms with Crippen molar-refractivity contribution in [2.24, 2.45) is 5.41 Å². The number of nitrogens with zero attached hydrogens (tertiary/aromatic N) is 5. The van der Waals surface area contributed by atoms with Crippen molar-refractivity contribution >= 4 is 5.91 Å². The van der Waals surface area contributed by atoms with E-state index in [-0.39, 0.29) is 11.9 Å². The van der Waals surface area contributed by atoms with Gasteiger partial charge >= 0.3 is 0 Å². The number of hydrogen-bond acceptors (Lipinski definition) is 4. The summed E-state index contributed by atoms with van der Waals surface area (Å²) in [6, 6.07) is 0.0416. The quantitative estimate of drug-likeness (QED) is 0.766. The van der Waals surface area contributed by atoms with Crippen LogP contribution in [0.15, 0.2) is 6.20 Å². The predicted octanol–water partition coefficient (Wildman–Crippen LogP) is 2.37. The van der Waals surface area contributed by atoms with Crippen molar-refractivity contribution in [1.82, 2.24) is 24.5 Å². The molecule has 2 fully saturated rings. The van der Waals surface area contributed by atoms with Crippen LogP contribution in [-0.4, -0.2) is 76.7 Å². The number of aryl methyl sites for hydroxylation is 2. The largest absolute Gasteiger partial charge is 0.340 e. The van der Waals surface area contributed by atoms with E-state index in [0.29, 0.717) is 12.0 Å². The first-order valence-corrected chi connectivity index (χ1v) is 10.6. The van der Waals surface area contributed by atoms with Gasteiger partial charge < -0.3 is 9.80 Å². The third-order valence-electron chi connectivity index (χ3n) is 6.60. The number of hydrogen-bond donors (Lipinski definition) is 0. The van der Waals surface area contributed by atoms with Crippen molar-refractivity contribution in [3.63, 3.8) is 0 Å². The maximum absolute atomic E-state index is 13.4. The van der Waals surface area contributed by atoms with E-state index in [9.17, 15) is 4.79 Å². The van der Waals surface area contributed by atoms with Gasteiger partial charge in [-0.05, 0) is 71.6 Å². The minimum absolute atomic E-state index is 0.0416. The van der Waals surface area contributed by atoms with Crippen LogP contribution in [0.4, 0.5) is 0 Å². The van der Waals surface area contributed by atoms with Gasteiger partial charge in [0.15, 0.2) is 0 Å². The molecule has 152 valence electrons. The summed E-state index contributed by atoms with van der Waals surface area (Å²) in [4.78, 5) is 20.2. The van der Waals surface area contributed by atoms with Gasteiger partial charge in [-0.1, -0.05) is 6.92 Å². The highest BCUT2D eigenvalue weighted by Gasteiger charge is 2.47. The SMILES string of the molecule is CCCN1CC2(CCN(C)CC2)CC1C(=O)N(C)Cc1cn(CC)nc1C. The molecule has 3 heterocycles. The average molecular weight is 376 g/mol. The summed E-state index contributed by atoms with van der Waals surface area (Å²) in [5.41, 5.74) is 2.52. The first-order valence-electron chi connectivity index (χ1n) is 10.6. The molecule has 0 radical (unpaired) electrons. The van der Waals surface area contributed by atoms with Crippen LogP contribution in [0.25, 0.3) is 0 Å². The van der Waals surface area contributed by atoms with Gasteiger partial charge in [-0.2, -0.15) is 5.10 Å². The van der Waals surface area contributed by atoms with Crippen molar-refractivity contribution in [3.05, 3.63) is 17.5 Å². The molecular formula is C21H37N5O. The lowest BCUT2D eigenvalue weighted by Gasteiger charge is -2.37. The molecule has 0 N–H and O–H groups in total. The van der Waals surface area contributed by atoms with Crippen molar-refractivity contribution in [1.29, 1.82) is 0 Å². The van der Waals surface area contributed by atoms with Gasteiger partial charge in [0.1, 0.15) is 0 Å². The molecule has 1 aromatic rings. The second-order valence-electron chi connectivity index (χ2n) is 8.78. The molecule has 1 aromatic heterocycles. The van der Waals surface area contributed by atoms with Gasteiger partial charge in [-0.15, -0.1) is 0 Å². The van der Waals surface area contributed by atoms with Crippen LogP contribution >= 0.6 is 0 Å². The number of carbonyl (C=O) groups is 1. The second kappa shape index (κ2) is 8.31. The van der Waals surface area contributed by atoms with Gasteiger partial charge in [-0.25, -0.2) is 0 Å². The first-order chi connectivity index (χ1) is 12.9. The van der Waals surface area contributed by atoms with E-state index in [1.54, 1.807) is 0 Å². The molecule has 1 spiro atoms. The Morgan fingerprint density at radius 1 is 1.33 bits per heavy atom. The van der Waals surface area contributed by atoms with Crippen LogP contribution in [-0.2, 0) is 17.9 Å². The molecule has 2 aliphatic heterocycles. The summed E-state index contributed by atoms with van der Waals surface area (Å²) in [5.74, 6) is 0.280. The Balaban J connectivity index is 1.70. The van der Waals surface area contributed by atoms with E-state index >= 15 is 0 Å². The van der Waals surface area contributed by atoms with Gasteiger partial charge in [0.25, 0.3) is 0 Å². The fourth-order valence-electron chi connectivity index (χ4n) is 4.83. The van der Waals surface area contributed by atoms with Crippen LogP contribution < -0.4 is 0 Å². The minimum atomic E-state index is 0.0416. The van der Waals surface area contributed by atoms with Crippen molar-refractivity contribution < 1.29 is 4.79 Å². The van der Waals surface area contributed by atoms with E-state index in [4.69, 9.17) is 0 Å². The molecule has 3 rings (SSSR count). The normalized spacial score (nSPS) is 23.2. The van der Waals surface area contributed by atoms with E-state index in [2.05, 4.69) is 42.0 Å². The van der Waals surface area contributed by atoms with Crippen LogP contribution in [0, 0.1) is 12.3 Å². The molecule has 0 aromatic carbocycles. The maximum Gasteiger partial charge on any atom is 0.239 e. The lowest BCUT2D eigenvalue weighted by molar-refractivity contribution is -0.135. The number of rotatable bonds is 6. The summed E-state index contributed by atoms with van der Waals surface area (Å²) in [6.45, 7) is 12.3. The fraction of sp³-hybridized carbons (Fsp3) is 0.810. The number of likely N-dealkylation sites (N-methyl/N-ethyl adjacent to an activating group) is 1. The Hall–Kier alpha value is -1.40. The summed E-state index contributed by atoms with van der Waals surface area (Å²) in [6.07, 6.45) is 6.65. The van der Waals surface area contributed by atoms with Crippen LogP contribution in [0.2, 0.25) is 0 Å². The number of carbonyl (C=O) groups excluding carboxylic acids is 1. The minimum Gasteiger partial charge on any atom is -0.340 e. The zero-order valence-electron chi connectivity index (χ0n) is 17.9. The Morgan fingerprint density at radius 2 is 2.04 bits per heavy atom. The Labute approximate surface area is 164 Å². The number of piperidine rings is 1. The molecule has 0 saturated carbocycles. The molecule has 2 saturated heterocycles. The number of aromatic nitrogens is 2. The zero-order chi connectivity index (χ0) is 19.6. The van der Waals surface area contributed by atoms with Crippen molar-refractivity contribution in [3.8, 4) is 0 Å². The molecule has 0 bridgehead atoms. The number of amides is 1. The smallest absolute Gasteiger partial charge is 0.239 e. The molecule has 27 heavy (non-hydrogen) atoms. The lowest BCUT2D eigenvalue weighted by atomic mass is 9.76. The van der Waals surface area contributed by atoms with E-state index in [0.717, 1.165) is 56.8 Å². The average Bonchev–Trinajstić information content (AvgIpc) is 3.18.